The molecule has 14 heavy (non-hydrogen) atoms. The molecule has 1 aliphatic carbocycles. The maximum atomic E-state index is 5.88. The zero-order chi connectivity index (χ0) is 10.2. The van der Waals surface area contributed by atoms with Gasteiger partial charge in [0.05, 0.1) is 6.10 Å². The molecule has 0 heterocycles. The van der Waals surface area contributed by atoms with Crippen molar-refractivity contribution < 1.29 is 4.74 Å². The second-order valence-corrected chi connectivity index (χ2v) is 4.81. The summed E-state index contributed by atoms with van der Waals surface area (Å²) in [5, 5.41) is 0. The van der Waals surface area contributed by atoms with Gasteiger partial charge in [-0.25, -0.2) is 0 Å². The van der Waals surface area contributed by atoms with Crippen LogP contribution in [0.3, 0.4) is 0 Å². The quantitative estimate of drug-likeness (QED) is 0.526. The van der Waals surface area contributed by atoms with Crippen LogP contribution in [0.25, 0.3) is 0 Å². The largest absolute Gasteiger partial charge is 0.378 e. The lowest BCUT2D eigenvalue weighted by molar-refractivity contribution is 0.0113. The SMILES string of the molecule is CCC1CCCC(OCCCCS)C1. The molecule has 1 rings (SSSR count). The third kappa shape index (κ3) is 4.70. The van der Waals surface area contributed by atoms with Crippen LogP contribution in [-0.2, 0) is 4.74 Å². The highest BCUT2D eigenvalue weighted by atomic mass is 32.1. The number of ether oxygens (including phenoxy) is 1. The van der Waals surface area contributed by atoms with Crippen molar-refractivity contribution >= 4 is 12.6 Å². The zero-order valence-electron chi connectivity index (χ0n) is 9.37. The Kier molecular flexibility index (Phi) is 6.70. The van der Waals surface area contributed by atoms with Gasteiger partial charge in [-0.3, -0.25) is 0 Å². The minimum absolute atomic E-state index is 0.564. The number of rotatable bonds is 6. The molecule has 0 radical (unpaired) electrons. The Morgan fingerprint density at radius 2 is 2.14 bits per heavy atom. The molecule has 1 fully saturated rings. The average molecular weight is 216 g/mol. The summed E-state index contributed by atoms with van der Waals surface area (Å²) in [6, 6.07) is 0. The first-order valence-corrected chi connectivity index (χ1v) is 6.72. The van der Waals surface area contributed by atoms with Gasteiger partial charge in [-0.2, -0.15) is 12.6 Å². The van der Waals surface area contributed by atoms with Crippen LogP contribution in [0.4, 0.5) is 0 Å². The van der Waals surface area contributed by atoms with Gasteiger partial charge in [0.15, 0.2) is 0 Å². The van der Waals surface area contributed by atoms with Gasteiger partial charge in [0, 0.05) is 6.61 Å². The van der Waals surface area contributed by atoms with E-state index in [4.69, 9.17) is 4.74 Å². The molecule has 1 saturated carbocycles. The third-order valence-corrected chi connectivity index (χ3v) is 3.53. The first-order valence-electron chi connectivity index (χ1n) is 6.09. The van der Waals surface area contributed by atoms with Crippen molar-refractivity contribution in [2.75, 3.05) is 12.4 Å². The highest BCUT2D eigenvalue weighted by molar-refractivity contribution is 7.80. The summed E-state index contributed by atoms with van der Waals surface area (Å²) in [5.74, 6) is 1.92. The normalized spacial score (nSPS) is 27.9. The molecule has 0 aromatic carbocycles. The zero-order valence-corrected chi connectivity index (χ0v) is 10.3. The van der Waals surface area contributed by atoms with Crippen molar-refractivity contribution in [3.8, 4) is 0 Å². The summed E-state index contributed by atoms with van der Waals surface area (Å²) in [5.41, 5.74) is 0. The molecule has 0 N–H and O–H groups in total. The minimum atomic E-state index is 0.564. The first-order chi connectivity index (χ1) is 6.86. The minimum Gasteiger partial charge on any atom is -0.378 e. The van der Waals surface area contributed by atoms with Crippen molar-refractivity contribution in [3.05, 3.63) is 0 Å². The second-order valence-electron chi connectivity index (χ2n) is 4.36. The van der Waals surface area contributed by atoms with Gasteiger partial charge >= 0.3 is 0 Å². The van der Waals surface area contributed by atoms with E-state index >= 15 is 0 Å². The van der Waals surface area contributed by atoms with Crippen LogP contribution in [0.2, 0.25) is 0 Å². The maximum Gasteiger partial charge on any atom is 0.0577 e. The van der Waals surface area contributed by atoms with Crippen LogP contribution >= 0.6 is 12.6 Å². The summed E-state index contributed by atoms with van der Waals surface area (Å²) in [4.78, 5) is 0. The van der Waals surface area contributed by atoms with E-state index in [1.165, 1.54) is 44.9 Å². The monoisotopic (exact) mass is 216 g/mol. The summed E-state index contributed by atoms with van der Waals surface area (Å²) in [6.07, 6.45) is 9.64. The van der Waals surface area contributed by atoms with Crippen molar-refractivity contribution in [2.45, 2.75) is 58.0 Å². The van der Waals surface area contributed by atoms with E-state index < -0.39 is 0 Å². The molecule has 2 atom stereocenters. The van der Waals surface area contributed by atoms with Crippen LogP contribution in [0.15, 0.2) is 0 Å². The second kappa shape index (κ2) is 7.58. The Morgan fingerprint density at radius 1 is 1.29 bits per heavy atom. The molecule has 0 spiro atoms. The molecule has 84 valence electrons. The van der Waals surface area contributed by atoms with E-state index in [9.17, 15) is 0 Å². The van der Waals surface area contributed by atoms with Crippen molar-refractivity contribution in [1.82, 2.24) is 0 Å². The summed E-state index contributed by atoms with van der Waals surface area (Å²) >= 11 is 4.19. The Balaban J connectivity index is 2.05. The summed E-state index contributed by atoms with van der Waals surface area (Å²) in [7, 11) is 0. The lowest BCUT2D eigenvalue weighted by Gasteiger charge is -2.28. The highest BCUT2D eigenvalue weighted by Gasteiger charge is 2.20. The Morgan fingerprint density at radius 3 is 2.86 bits per heavy atom. The van der Waals surface area contributed by atoms with E-state index in [-0.39, 0.29) is 0 Å². The molecule has 0 aliphatic heterocycles. The number of hydrogen-bond acceptors (Lipinski definition) is 2. The van der Waals surface area contributed by atoms with Gasteiger partial charge in [0.1, 0.15) is 0 Å². The molecule has 0 saturated heterocycles. The molecule has 0 aromatic rings. The van der Waals surface area contributed by atoms with Crippen molar-refractivity contribution in [3.63, 3.8) is 0 Å². The average Bonchev–Trinajstić information content (AvgIpc) is 2.25. The van der Waals surface area contributed by atoms with Crippen LogP contribution in [-0.4, -0.2) is 18.5 Å². The molecular weight excluding hydrogens is 192 g/mol. The molecular formula is C12H24OS. The van der Waals surface area contributed by atoms with Gasteiger partial charge in [0.25, 0.3) is 0 Å². The molecule has 2 unspecified atom stereocenters. The lowest BCUT2D eigenvalue weighted by atomic mass is 9.85. The van der Waals surface area contributed by atoms with E-state index in [0.29, 0.717) is 6.10 Å². The smallest absolute Gasteiger partial charge is 0.0577 e. The summed E-state index contributed by atoms with van der Waals surface area (Å²) < 4.78 is 5.88. The molecule has 2 heteroatoms. The van der Waals surface area contributed by atoms with Crippen LogP contribution < -0.4 is 0 Å². The fraction of sp³-hybridized carbons (Fsp3) is 1.00. The van der Waals surface area contributed by atoms with Gasteiger partial charge in [-0.15, -0.1) is 0 Å². The molecule has 0 amide bonds. The first kappa shape index (κ1) is 12.4. The van der Waals surface area contributed by atoms with E-state index in [2.05, 4.69) is 19.6 Å². The fourth-order valence-electron chi connectivity index (χ4n) is 2.23. The number of thiol groups is 1. The fourth-order valence-corrected chi connectivity index (χ4v) is 2.45. The van der Waals surface area contributed by atoms with Crippen LogP contribution in [0, 0.1) is 5.92 Å². The van der Waals surface area contributed by atoms with Crippen molar-refractivity contribution in [2.24, 2.45) is 5.92 Å². The van der Waals surface area contributed by atoms with Gasteiger partial charge in [-0.1, -0.05) is 26.2 Å². The summed E-state index contributed by atoms with van der Waals surface area (Å²) in [6.45, 7) is 3.25. The Labute approximate surface area is 94.0 Å². The van der Waals surface area contributed by atoms with Crippen molar-refractivity contribution in [1.29, 1.82) is 0 Å². The third-order valence-electron chi connectivity index (χ3n) is 3.22. The van der Waals surface area contributed by atoms with Crippen LogP contribution in [0.5, 0.6) is 0 Å². The Bertz CT molecular complexity index is 138. The molecule has 0 aromatic heterocycles. The number of unbranched alkanes of at least 4 members (excludes halogenated alkanes) is 1. The number of hydrogen-bond donors (Lipinski definition) is 1. The predicted molar refractivity (Wildman–Crippen MR) is 65.1 cm³/mol. The van der Waals surface area contributed by atoms with Gasteiger partial charge < -0.3 is 4.74 Å². The molecule has 1 nitrogen and oxygen atoms in total. The standard InChI is InChI=1S/C12H24OS/c1-2-11-6-5-7-12(10-11)13-8-3-4-9-14/h11-12,14H,2-10H2,1H3. The molecule has 1 aliphatic rings. The molecule has 0 bridgehead atoms. The maximum absolute atomic E-state index is 5.88. The Hall–Kier alpha value is 0.310. The van der Waals surface area contributed by atoms with Gasteiger partial charge in [-0.05, 0) is 37.4 Å². The van der Waals surface area contributed by atoms with E-state index in [1.807, 2.05) is 0 Å². The van der Waals surface area contributed by atoms with Gasteiger partial charge in [0.2, 0.25) is 0 Å². The predicted octanol–water partition coefficient (Wildman–Crippen LogP) is 3.68. The van der Waals surface area contributed by atoms with E-state index in [1.54, 1.807) is 0 Å². The van der Waals surface area contributed by atoms with Crippen LogP contribution in [0.1, 0.15) is 51.9 Å². The van der Waals surface area contributed by atoms with E-state index in [0.717, 1.165) is 18.3 Å². The lowest BCUT2D eigenvalue weighted by Crippen LogP contribution is -2.23. The topological polar surface area (TPSA) is 9.23 Å². The highest BCUT2D eigenvalue weighted by Crippen LogP contribution is 2.28.